The van der Waals surface area contributed by atoms with Crippen molar-refractivity contribution in [2.45, 2.75) is 83.3 Å². The smallest absolute Gasteiger partial charge is 0.228 e. The molecule has 170 valence electrons. The van der Waals surface area contributed by atoms with E-state index in [9.17, 15) is 13.2 Å². The summed E-state index contributed by atoms with van der Waals surface area (Å²) in [6.45, 7) is 8.70. The molecule has 0 atom stereocenters. The third-order valence-electron chi connectivity index (χ3n) is 5.88. The molecule has 1 amide bonds. The summed E-state index contributed by atoms with van der Waals surface area (Å²) in [5.41, 5.74) is 2.62. The van der Waals surface area contributed by atoms with Gasteiger partial charge in [0.1, 0.15) is 0 Å². The minimum Gasteiger partial charge on any atom is -0.337 e. The third kappa shape index (κ3) is 5.97. The number of nitrogens with zero attached hydrogens (tertiary/aromatic N) is 3. The Bertz CT molecular complexity index is 1000. The molecule has 0 unspecified atom stereocenters. The highest BCUT2D eigenvalue weighted by Crippen LogP contribution is 2.33. The molecule has 1 aliphatic carbocycles. The summed E-state index contributed by atoms with van der Waals surface area (Å²) in [6, 6.07) is 7.71. The van der Waals surface area contributed by atoms with E-state index in [-0.39, 0.29) is 22.9 Å². The monoisotopic (exact) mass is 445 g/mol. The number of aromatic nitrogens is 2. The lowest BCUT2D eigenvalue weighted by molar-refractivity contribution is -0.130. The Morgan fingerprint density at radius 2 is 1.94 bits per heavy atom. The first-order chi connectivity index (χ1) is 14.7. The SMILES string of the molecule is CC(=O)N(Cc1cnc(S(=O)(=O)Cc2cccc(C)c2)n1C1CCCCC1)CC(C)C. The minimum absolute atomic E-state index is 0.00531. The molecule has 7 heteroatoms. The Morgan fingerprint density at radius 1 is 1.23 bits per heavy atom. The van der Waals surface area contributed by atoms with E-state index in [0.717, 1.165) is 42.5 Å². The maximum Gasteiger partial charge on any atom is 0.228 e. The van der Waals surface area contributed by atoms with Crippen LogP contribution in [-0.4, -0.2) is 35.3 Å². The van der Waals surface area contributed by atoms with Crippen LogP contribution >= 0.6 is 0 Å². The molecular weight excluding hydrogens is 410 g/mol. The van der Waals surface area contributed by atoms with Crippen LogP contribution in [0.2, 0.25) is 0 Å². The molecule has 6 nitrogen and oxygen atoms in total. The lowest BCUT2D eigenvalue weighted by Crippen LogP contribution is -2.33. The van der Waals surface area contributed by atoms with Crippen molar-refractivity contribution < 1.29 is 13.2 Å². The topological polar surface area (TPSA) is 72.3 Å². The normalized spacial score (nSPS) is 15.4. The summed E-state index contributed by atoms with van der Waals surface area (Å²) >= 11 is 0. The van der Waals surface area contributed by atoms with E-state index in [1.54, 1.807) is 18.0 Å². The first kappa shape index (κ1) is 23.5. The van der Waals surface area contributed by atoms with Crippen molar-refractivity contribution in [3.05, 3.63) is 47.3 Å². The second-order valence-corrected chi connectivity index (χ2v) is 11.1. The van der Waals surface area contributed by atoms with Crippen LogP contribution in [0.15, 0.2) is 35.6 Å². The minimum atomic E-state index is -3.62. The third-order valence-corrected chi connectivity index (χ3v) is 7.45. The van der Waals surface area contributed by atoms with Crippen molar-refractivity contribution in [1.29, 1.82) is 0 Å². The van der Waals surface area contributed by atoms with Crippen molar-refractivity contribution in [3.63, 3.8) is 0 Å². The van der Waals surface area contributed by atoms with Crippen molar-refractivity contribution in [3.8, 4) is 0 Å². The molecule has 1 aromatic carbocycles. The van der Waals surface area contributed by atoms with Crippen LogP contribution in [0, 0.1) is 12.8 Å². The molecular formula is C24H35N3O3S. The second-order valence-electron chi connectivity index (χ2n) is 9.24. The van der Waals surface area contributed by atoms with Crippen LogP contribution in [0.5, 0.6) is 0 Å². The fourth-order valence-electron chi connectivity index (χ4n) is 4.48. The fraction of sp³-hybridized carbons (Fsp3) is 0.583. The Kier molecular flexibility index (Phi) is 7.57. The van der Waals surface area contributed by atoms with Gasteiger partial charge in [-0.2, -0.15) is 0 Å². The number of hydrogen-bond acceptors (Lipinski definition) is 4. The summed E-state index contributed by atoms with van der Waals surface area (Å²) in [6.07, 6.45) is 6.90. The summed E-state index contributed by atoms with van der Waals surface area (Å²) in [5.74, 6) is 0.258. The van der Waals surface area contributed by atoms with Crippen LogP contribution in [0.3, 0.4) is 0 Å². The Balaban J connectivity index is 1.98. The number of sulfone groups is 1. The quantitative estimate of drug-likeness (QED) is 0.592. The predicted molar refractivity (Wildman–Crippen MR) is 122 cm³/mol. The summed E-state index contributed by atoms with van der Waals surface area (Å²) < 4.78 is 28.8. The van der Waals surface area contributed by atoms with Gasteiger partial charge in [-0.3, -0.25) is 4.79 Å². The lowest BCUT2D eigenvalue weighted by atomic mass is 9.95. The summed E-state index contributed by atoms with van der Waals surface area (Å²) in [5, 5.41) is 0.143. The van der Waals surface area contributed by atoms with Gasteiger partial charge in [0.2, 0.25) is 20.9 Å². The average molecular weight is 446 g/mol. The molecule has 0 bridgehead atoms. The second kappa shape index (κ2) is 9.98. The van der Waals surface area contributed by atoms with Crippen LogP contribution in [-0.2, 0) is 26.9 Å². The van der Waals surface area contributed by atoms with E-state index in [1.807, 2.05) is 35.8 Å². The number of carbonyl (C=O) groups is 1. The molecule has 0 spiro atoms. The highest BCUT2D eigenvalue weighted by molar-refractivity contribution is 7.90. The molecule has 1 heterocycles. The highest BCUT2D eigenvalue weighted by Gasteiger charge is 2.30. The number of rotatable bonds is 8. The molecule has 2 aromatic rings. The molecule has 0 N–H and O–H groups in total. The average Bonchev–Trinajstić information content (AvgIpc) is 3.12. The molecule has 31 heavy (non-hydrogen) atoms. The zero-order chi connectivity index (χ0) is 22.6. The molecule has 0 saturated heterocycles. The standard InChI is InChI=1S/C24H35N3O3S/c1-18(2)15-26(20(4)28)16-23-14-25-24(27(23)22-11-6-5-7-12-22)31(29,30)17-21-10-8-9-19(3)13-21/h8-10,13-14,18,22H,5-7,11-12,15-17H2,1-4H3. The molecule has 0 aliphatic heterocycles. The Labute approximate surface area is 186 Å². The number of benzene rings is 1. The fourth-order valence-corrected chi connectivity index (χ4v) is 6.01. The van der Waals surface area contributed by atoms with E-state index < -0.39 is 9.84 Å². The van der Waals surface area contributed by atoms with Crippen molar-refractivity contribution in [1.82, 2.24) is 14.5 Å². The van der Waals surface area contributed by atoms with Gasteiger partial charge in [-0.25, -0.2) is 13.4 Å². The first-order valence-corrected chi connectivity index (χ1v) is 12.9. The number of imidazole rings is 1. The van der Waals surface area contributed by atoms with Gasteiger partial charge in [-0.15, -0.1) is 0 Å². The molecule has 1 saturated carbocycles. The van der Waals surface area contributed by atoms with Crippen molar-refractivity contribution in [2.24, 2.45) is 5.92 Å². The van der Waals surface area contributed by atoms with E-state index in [0.29, 0.717) is 19.0 Å². The Hall–Kier alpha value is -2.15. The van der Waals surface area contributed by atoms with Gasteiger partial charge in [0, 0.05) is 19.5 Å². The molecule has 1 aliphatic rings. The number of hydrogen-bond donors (Lipinski definition) is 0. The van der Waals surface area contributed by atoms with Gasteiger partial charge in [-0.05, 0) is 31.2 Å². The number of carbonyl (C=O) groups excluding carboxylic acids is 1. The van der Waals surface area contributed by atoms with Crippen LogP contribution in [0.4, 0.5) is 0 Å². The molecule has 3 rings (SSSR count). The van der Waals surface area contributed by atoms with Gasteiger partial charge in [0.05, 0.1) is 24.2 Å². The molecule has 0 radical (unpaired) electrons. The summed E-state index contributed by atoms with van der Waals surface area (Å²) in [7, 11) is -3.62. The van der Waals surface area contributed by atoms with Crippen LogP contribution in [0.1, 0.15) is 75.7 Å². The first-order valence-electron chi connectivity index (χ1n) is 11.3. The zero-order valence-corrected chi connectivity index (χ0v) is 20.0. The lowest BCUT2D eigenvalue weighted by Gasteiger charge is -2.29. The van der Waals surface area contributed by atoms with Gasteiger partial charge in [0.25, 0.3) is 0 Å². The van der Waals surface area contributed by atoms with Gasteiger partial charge in [0.15, 0.2) is 0 Å². The zero-order valence-electron chi connectivity index (χ0n) is 19.2. The number of aryl methyl sites for hydroxylation is 1. The maximum atomic E-state index is 13.4. The van der Waals surface area contributed by atoms with Gasteiger partial charge >= 0.3 is 0 Å². The summed E-state index contributed by atoms with van der Waals surface area (Å²) in [4.78, 5) is 18.4. The molecule has 1 aromatic heterocycles. The van der Waals surface area contributed by atoms with Crippen molar-refractivity contribution >= 4 is 15.7 Å². The predicted octanol–water partition coefficient (Wildman–Crippen LogP) is 4.68. The van der Waals surface area contributed by atoms with Crippen LogP contribution in [0.25, 0.3) is 0 Å². The van der Waals surface area contributed by atoms with Crippen molar-refractivity contribution in [2.75, 3.05) is 6.54 Å². The van der Waals surface area contributed by atoms with E-state index in [1.165, 1.54) is 6.42 Å². The highest BCUT2D eigenvalue weighted by atomic mass is 32.2. The Morgan fingerprint density at radius 3 is 2.55 bits per heavy atom. The van der Waals surface area contributed by atoms with E-state index in [2.05, 4.69) is 18.8 Å². The van der Waals surface area contributed by atoms with E-state index >= 15 is 0 Å². The number of amides is 1. The van der Waals surface area contributed by atoms with Gasteiger partial charge < -0.3 is 9.47 Å². The van der Waals surface area contributed by atoms with Gasteiger partial charge in [-0.1, -0.05) is 62.9 Å². The maximum absolute atomic E-state index is 13.4. The largest absolute Gasteiger partial charge is 0.337 e. The van der Waals surface area contributed by atoms with Crippen LogP contribution < -0.4 is 0 Å². The molecule has 1 fully saturated rings. The van der Waals surface area contributed by atoms with E-state index in [4.69, 9.17) is 0 Å².